The number of halogens is 1. The molecule has 134 valence electrons. The van der Waals surface area contributed by atoms with Crippen LogP contribution in [0.3, 0.4) is 0 Å². The highest BCUT2D eigenvalue weighted by atomic mass is 35.5. The predicted octanol–water partition coefficient (Wildman–Crippen LogP) is 5.89. The van der Waals surface area contributed by atoms with Crippen molar-refractivity contribution in [3.05, 3.63) is 58.6 Å². The second-order valence-corrected chi connectivity index (χ2v) is 7.99. The third-order valence-electron chi connectivity index (χ3n) is 5.51. The minimum Gasteiger partial charge on any atom is -0.341 e. The van der Waals surface area contributed by atoms with Crippen LogP contribution in [0.2, 0.25) is 5.02 Å². The van der Waals surface area contributed by atoms with Crippen molar-refractivity contribution >= 4 is 46.1 Å². The zero-order chi connectivity index (χ0) is 18.3. The first-order chi connectivity index (χ1) is 12.5. The molecular weight excluding hydrogens is 362 g/mol. The lowest BCUT2D eigenvalue weighted by Gasteiger charge is -2.37. The average Bonchev–Trinajstić information content (AvgIpc) is 3.19. The molecule has 2 aliphatic rings. The summed E-state index contributed by atoms with van der Waals surface area (Å²) in [6.45, 7) is 4.25. The second kappa shape index (κ2) is 6.67. The van der Waals surface area contributed by atoms with Crippen molar-refractivity contribution < 1.29 is 0 Å². The molecule has 1 fully saturated rings. The smallest absolute Gasteiger partial charge is 0.202 e. The molecule has 26 heavy (non-hydrogen) atoms. The fourth-order valence-electron chi connectivity index (χ4n) is 4.18. The number of hydrogen-bond acceptors (Lipinski definition) is 2. The van der Waals surface area contributed by atoms with E-state index in [9.17, 15) is 0 Å². The maximum absolute atomic E-state index is 6.08. The Morgan fingerprint density at radius 1 is 1.04 bits per heavy atom. The molecule has 0 unspecified atom stereocenters. The van der Waals surface area contributed by atoms with E-state index in [2.05, 4.69) is 42.3 Å². The summed E-state index contributed by atoms with van der Waals surface area (Å²) in [4.78, 5) is 7.04. The molecular formula is C21H22ClN3S. The summed E-state index contributed by atoms with van der Waals surface area (Å²) in [6.07, 6.45) is 4.46. The molecule has 5 heteroatoms. The normalized spacial score (nSPS) is 18.5. The zero-order valence-corrected chi connectivity index (χ0v) is 16.6. The highest BCUT2D eigenvalue weighted by Crippen LogP contribution is 2.44. The summed E-state index contributed by atoms with van der Waals surface area (Å²) in [7, 11) is 0. The molecule has 0 aromatic heterocycles. The van der Waals surface area contributed by atoms with Gasteiger partial charge in [0.05, 0.1) is 0 Å². The fourth-order valence-corrected chi connectivity index (χ4v) is 4.68. The number of nitrogens with one attached hydrogen (secondary N) is 1. The molecule has 2 aromatic carbocycles. The van der Waals surface area contributed by atoms with Crippen LogP contribution in [0, 0.1) is 13.8 Å². The first kappa shape index (κ1) is 17.5. The van der Waals surface area contributed by atoms with E-state index in [0.29, 0.717) is 5.11 Å². The Morgan fingerprint density at radius 2 is 1.65 bits per heavy atom. The van der Waals surface area contributed by atoms with Crippen molar-refractivity contribution in [3.8, 4) is 0 Å². The Balaban J connectivity index is 1.75. The summed E-state index contributed by atoms with van der Waals surface area (Å²) < 4.78 is 0. The number of nitrogens with zero attached hydrogens (tertiary/aromatic N) is 2. The van der Waals surface area contributed by atoms with Gasteiger partial charge < -0.3 is 10.2 Å². The van der Waals surface area contributed by atoms with Crippen LogP contribution in [-0.2, 0) is 0 Å². The van der Waals surface area contributed by atoms with Crippen LogP contribution in [-0.4, -0.2) is 16.5 Å². The number of thiocarbonyl (C=S) groups is 1. The van der Waals surface area contributed by atoms with Crippen LogP contribution in [0.25, 0.3) is 0 Å². The molecule has 1 aliphatic heterocycles. The van der Waals surface area contributed by atoms with Gasteiger partial charge in [-0.05, 0) is 74.3 Å². The molecule has 1 spiro atoms. The molecule has 1 aliphatic carbocycles. The van der Waals surface area contributed by atoms with E-state index in [0.717, 1.165) is 35.1 Å². The lowest BCUT2D eigenvalue weighted by molar-refractivity contribution is 0.595. The third-order valence-corrected chi connectivity index (χ3v) is 6.03. The van der Waals surface area contributed by atoms with Crippen LogP contribution >= 0.6 is 23.8 Å². The van der Waals surface area contributed by atoms with Gasteiger partial charge in [-0.25, -0.2) is 4.99 Å². The zero-order valence-electron chi connectivity index (χ0n) is 15.1. The van der Waals surface area contributed by atoms with E-state index >= 15 is 0 Å². The number of benzene rings is 2. The van der Waals surface area contributed by atoms with Gasteiger partial charge in [-0.3, -0.25) is 0 Å². The maximum Gasteiger partial charge on any atom is 0.202 e. The second-order valence-electron chi connectivity index (χ2n) is 7.19. The van der Waals surface area contributed by atoms with Crippen molar-refractivity contribution in [1.82, 2.24) is 0 Å². The quantitative estimate of drug-likeness (QED) is 0.655. The van der Waals surface area contributed by atoms with Gasteiger partial charge in [0.15, 0.2) is 0 Å². The van der Waals surface area contributed by atoms with Crippen LogP contribution < -0.4 is 10.2 Å². The lowest BCUT2D eigenvalue weighted by Crippen LogP contribution is -2.52. The average molecular weight is 384 g/mol. The Labute approximate surface area is 165 Å². The van der Waals surface area contributed by atoms with E-state index in [1.54, 1.807) is 0 Å². The molecule has 0 atom stereocenters. The van der Waals surface area contributed by atoms with Gasteiger partial charge in [0.1, 0.15) is 11.4 Å². The first-order valence-corrected chi connectivity index (χ1v) is 9.82. The third kappa shape index (κ3) is 2.81. The summed E-state index contributed by atoms with van der Waals surface area (Å²) in [6, 6.07) is 14.2. The fraction of sp³-hybridized carbons (Fsp3) is 0.333. The van der Waals surface area contributed by atoms with Crippen LogP contribution in [0.1, 0.15) is 36.8 Å². The molecule has 0 amide bonds. The number of amidine groups is 1. The topological polar surface area (TPSA) is 27.6 Å². The molecule has 1 heterocycles. The number of anilines is 2. The van der Waals surface area contributed by atoms with Crippen LogP contribution in [0.15, 0.2) is 47.5 Å². The Bertz CT molecular complexity index is 862. The van der Waals surface area contributed by atoms with Gasteiger partial charge in [0.25, 0.3) is 0 Å². The van der Waals surface area contributed by atoms with Gasteiger partial charge in [0.2, 0.25) is 5.11 Å². The number of para-hydroxylation sites is 1. The van der Waals surface area contributed by atoms with Gasteiger partial charge in [0, 0.05) is 16.4 Å². The predicted molar refractivity (Wildman–Crippen MR) is 115 cm³/mol. The minimum atomic E-state index is -0.181. The molecule has 1 saturated carbocycles. The summed E-state index contributed by atoms with van der Waals surface area (Å²) in [5.41, 5.74) is 4.45. The van der Waals surface area contributed by atoms with Gasteiger partial charge in [-0.15, -0.1) is 0 Å². The molecule has 0 radical (unpaired) electrons. The number of hydrogen-bond donors (Lipinski definition) is 1. The standard InChI is InChI=1S/C21H22ClN3S/c1-14-6-5-7-15(2)18(14)23-19-21(12-3-4-13-21)25(20(26)24-19)17-10-8-16(22)9-11-17/h5-11H,3-4,12-13H2,1-2H3,(H,23,24,26). The van der Waals surface area contributed by atoms with Crippen molar-refractivity contribution in [2.24, 2.45) is 4.99 Å². The summed E-state index contributed by atoms with van der Waals surface area (Å²) in [5.74, 6) is 0.979. The largest absolute Gasteiger partial charge is 0.341 e. The number of rotatable bonds is 2. The highest BCUT2D eigenvalue weighted by Gasteiger charge is 2.50. The molecule has 0 saturated heterocycles. The molecule has 3 nitrogen and oxygen atoms in total. The van der Waals surface area contributed by atoms with E-state index in [4.69, 9.17) is 28.8 Å². The van der Waals surface area contributed by atoms with Crippen molar-refractivity contribution in [2.45, 2.75) is 45.1 Å². The maximum atomic E-state index is 6.08. The molecule has 4 rings (SSSR count). The van der Waals surface area contributed by atoms with Crippen LogP contribution in [0.5, 0.6) is 0 Å². The van der Waals surface area contributed by atoms with E-state index in [1.807, 2.05) is 24.3 Å². The molecule has 1 N–H and O–H groups in total. The van der Waals surface area contributed by atoms with Gasteiger partial charge >= 0.3 is 0 Å². The summed E-state index contributed by atoms with van der Waals surface area (Å²) >= 11 is 11.8. The SMILES string of the molecule is Cc1cccc(C)c1NC1=NC(=S)N(c2ccc(Cl)cc2)C12CCCC2. The van der Waals surface area contributed by atoms with Crippen molar-refractivity contribution in [1.29, 1.82) is 0 Å². The van der Waals surface area contributed by atoms with Crippen molar-refractivity contribution in [3.63, 3.8) is 0 Å². The Kier molecular flexibility index (Phi) is 4.49. The van der Waals surface area contributed by atoms with E-state index in [1.165, 1.54) is 24.0 Å². The summed E-state index contributed by atoms with van der Waals surface area (Å²) in [5, 5.41) is 5.00. The van der Waals surface area contributed by atoms with Crippen LogP contribution in [0.4, 0.5) is 11.4 Å². The van der Waals surface area contributed by atoms with E-state index in [-0.39, 0.29) is 5.54 Å². The minimum absolute atomic E-state index is 0.181. The molecule has 2 aromatic rings. The van der Waals surface area contributed by atoms with E-state index < -0.39 is 0 Å². The lowest BCUT2D eigenvalue weighted by atomic mass is 9.93. The van der Waals surface area contributed by atoms with Gasteiger partial charge in [-0.2, -0.15) is 0 Å². The molecule has 0 bridgehead atoms. The number of aryl methyl sites for hydroxylation is 2. The number of aliphatic imine (C=N–C) groups is 1. The van der Waals surface area contributed by atoms with Gasteiger partial charge in [-0.1, -0.05) is 42.6 Å². The Morgan fingerprint density at radius 3 is 2.27 bits per heavy atom. The first-order valence-electron chi connectivity index (χ1n) is 9.03. The van der Waals surface area contributed by atoms with Crippen molar-refractivity contribution in [2.75, 3.05) is 10.2 Å². The Hall–Kier alpha value is -1.91. The highest BCUT2D eigenvalue weighted by molar-refractivity contribution is 7.80. The monoisotopic (exact) mass is 383 g/mol.